The van der Waals surface area contributed by atoms with Crippen molar-refractivity contribution in [3.8, 4) is 11.3 Å². The number of pyridine rings is 1. The number of hydrogen-bond acceptors (Lipinski definition) is 4. The lowest BCUT2D eigenvalue weighted by atomic mass is 10.1. The number of carbonyl (C=O) groups is 1. The second-order valence-corrected chi connectivity index (χ2v) is 5.61. The largest absolute Gasteiger partial charge is 0.355 e. The third kappa shape index (κ3) is 3.12. The van der Waals surface area contributed by atoms with Gasteiger partial charge >= 0.3 is 0 Å². The molecular formula is C20H15N3O2. The molecule has 2 heterocycles. The highest BCUT2D eigenvalue weighted by Crippen LogP contribution is 2.29. The Hall–Kier alpha value is -3.47. The van der Waals surface area contributed by atoms with Crippen LogP contribution >= 0.6 is 0 Å². The standard InChI is InChI=1S/C20H15N3O2/c24-20(22-13-16-8-4-5-11-21-16)15-9-10-18-17(12-15)19(25-23-18)14-6-2-1-3-7-14/h1-12H,13H2,(H,22,24). The number of rotatable bonds is 4. The number of benzene rings is 2. The zero-order chi connectivity index (χ0) is 17.1. The first-order valence-electron chi connectivity index (χ1n) is 7.94. The predicted octanol–water partition coefficient (Wildman–Crippen LogP) is 3.82. The van der Waals surface area contributed by atoms with Crippen molar-refractivity contribution in [1.29, 1.82) is 0 Å². The molecule has 2 aromatic heterocycles. The Morgan fingerprint density at radius 2 is 1.84 bits per heavy atom. The van der Waals surface area contributed by atoms with Crippen LogP contribution in [0.5, 0.6) is 0 Å². The topological polar surface area (TPSA) is 68.0 Å². The molecule has 4 rings (SSSR count). The Balaban J connectivity index is 1.61. The van der Waals surface area contributed by atoms with Gasteiger partial charge < -0.3 is 9.84 Å². The number of nitrogens with zero attached hydrogens (tertiary/aromatic N) is 2. The molecule has 2 aromatic carbocycles. The fourth-order valence-corrected chi connectivity index (χ4v) is 2.66. The first kappa shape index (κ1) is 15.1. The third-order valence-corrected chi connectivity index (χ3v) is 3.93. The highest BCUT2D eigenvalue weighted by Gasteiger charge is 2.13. The quantitative estimate of drug-likeness (QED) is 0.618. The molecule has 0 atom stereocenters. The van der Waals surface area contributed by atoms with Gasteiger partial charge in [0, 0.05) is 17.3 Å². The monoisotopic (exact) mass is 329 g/mol. The molecule has 0 fully saturated rings. The number of carbonyl (C=O) groups excluding carboxylic acids is 1. The normalized spacial score (nSPS) is 10.7. The van der Waals surface area contributed by atoms with Gasteiger partial charge in [0.2, 0.25) is 0 Å². The summed E-state index contributed by atoms with van der Waals surface area (Å²) in [6.45, 7) is 0.382. The van der Waals surface area contributed by atoms with Gasteiger partial charge in [-0.3, -0.25) is 9.78 Å². The fourth-order valence-electron chi connectivity index (χ4n) is 2.66. The smallest absolute Gasteiger partial charge is 0.251 e. The van der Waals surface area contributed by atoms with E-state index in [1.807, 2.05) is 54.6 Å². The van der Waals surface area contributed by atoms with E-state index in [0.717, 1.165) is 22.2 Å². The molecule has 0 aliphatic heterocycles. The van der Waals surface area contributed by atoms with E-state index in [9.17, 15) is 4.79 Å². The van der Waals surface area contributed by atoms with Crippen LogP contribution in [0.2, 0.25) is 0 Å². The second kappa shape index (κ2) is 6.57. The van der Waals surface area contributed by atoms with Crippen molar-refractivity contribution in [3.05, 3.63) is 84.2 Å². The van der Waals surface area contributed by atoms with Crippen molar-refractivity contribution in [3.63, 3.8) is 0 Å². The van der Waals surface area contributed by atoms with Gasteiger partial charge in [0.1, 0.15) is 5.52 Å². The molecule has 1 N–H and O–H groups in total. The van der Waals surface area contributed by atoms with E-state index in [4.69, 9.17) is 4.52 Å². The van der Waals surface area contributed by atoms with Crippen molar-refractivity contribution in [2.75, 3.05) is 0 Å². The molecule has 1 amide bonds. The lowest BCUT2D eigenvalue weighted by Gasteiger charge is -2.05. The molecule has 0 spiro atoms. The third-order valence-electron chi connectivity index (χ3n) is 3.93. The van der Waals surface area contributed by atoms with Gasteiger partial charge in [-0.25, -0.2) is 0 Å². The minimum absolute atomic E-state index is 0.159. The van der Waals surface area contributed by atoms with Crippen LogP contribution in [0.15, 0.2) is 77.4 Å². The summed E-state index contributed by atoms with van der Waals surface area (Å²) in [5.74, 6) is 0.503. The fraction of sp³-hybridized carbons (Fsp3) is 0.0500. The van der Waals surface area contributed by atoms with Crippen LogP contribution in [0.1, 0.15) is 16.1 Å². The number of fused-ring (bicyclic) bond motifs is 1. The Bertz CT molecular complexity index is 1010. The summed E-state index contributed by atoms with van der Waals surface area (Å²) in [6, 6.07) is 20.7. The van der Waals surface area contributed by atoms with Gasteiger partial charge in [0.05, 0.1) is 17.6 Å². The van der Waals surface area contributed by atoms with E-state index in [-0.39, 0.29) is 5.91 Å². The van der Waals surface area contributed by atoms with E-state index in [2.05, 4.69) is 15.5 Å². The molecule has 0 aliphatic rings. The van der Waals surface area contributed by atoms with Crippen molar-refractivity contribution >= 4 is 16.8 Å². The van der Waals surface area contributed by atoms with Gasteiger partial charge in [-0.1, -0.05) is 41.6 Å². The van der Waals surface area contributed by atoms with Gasteiger partial charge in [-0.05, 0) is 30.3 Å². The predicted molar refractivity (Wildman–Crippen MR) is 94.9 cm³/mol. The molecule has 0 unspecified atom stereocenters. The van der Waals surface area contributed by atoms with Crippen LogP contribution < -0.4 is 5.32 Å². The zero-order valence-electron chi connectivity index (χ0n) is 13.3. The molecule has 25 heavy (non-hydrogen) atoms. The van der Waals surface area contributed by atoms with Crippen LogP contribution in [0.4, 0.5) is 0 Å². The van der Waals surface area contributed by atoms with Crippen LogP contribution in [-0.4, -0.2) is 16.0 Å². The van der Waals surface area contributed by atoms with E-state index in [1.165, 1.54) is 0 Å². The average Bonchev–Trinajstić information content (AvgIpc) is 3.11. The van der Waals surface area contributed by atoms with Gasteiger partial charge in [0.25, 0.3) is 5.91 Å². The highest BCUT2D eigenvalue weighted by atomic mass is 16.5. The van der Waals surface area contributed by atoms with Gasteiger partial charge in [-0.15, -0.1) is 0 Å². The molecule has 0 radical (unpaired) electrons. The molecule has 122 valence electrons. The molecule has 0 bridgehead atoms. The summed E-state index contributed by atoms with van der Waals surface area (Å²) in [7, 11) is 0. The van der Waals surface area contributed by atoms with Crippen LogP contribution in [0.3, 0.4) is 0 Å². The second-order valence-electron chi connectivity index (χ2n) is 5.61. The Morgan fingerprint density at radius 1 is 1.00 bits per heavy atom. The summed E-state index contributed by atoms with van der Waals surface area (Å²) in [5.41, 5.74) is 3.02. The molecule has 0 saturated heterocycles. The van der Waals surface area contributed by atoms with Crippen LogP contribution in [-0.2, 0) is 6.54 Å². The van der Waals surface area contributed by atoms with Crippen LogP contribution in [0, 0.1) is 0 Å². The summed E-state index contributed by atoms with van der Waals surface area (Å²) in [4.78, 5) is 16.6. The first-order chi connectivity index (χ1) is 12.3. The summed E-state index contributed by atoms with van der Waals surface area (Å²) >= 11 is 0. The summed E-state index contributed by atoms with van der Waals surface area (Å²) < 4.78 is 5.47. The van der Waals surface area contributed by atoms with Crippen molar-refractivity contribution in [1.82, 2.24) is 15.5 Å². The summed E-state index contributed by atoms with van der Waals surface area (Å²) in [6.07, 6.45) is 1.71. The lowest BCUT2D eigenvalue weighted by Crippen LogP contribution is -2.23. The Labute approximate surface area is 144 Å². The lowest BCUT2D eigenvalue weighted by molar-refractivity contribution is 0.0950. The van der Waals surface area contributed by atoms with Crippen molar-refractivity contribution in [2.45, 2.75) is 6.54 Å². The minimum Gasteiger partial charge on any atom is -0.355 e. The van der Waals surface area contributed by atoms with E-state index < -0.39 is 0 Å². The number of aromatic nitrogens is 2. The number of nitrogens with one attached hydrogen (secondary N) is 1. The van der Waals surface area contributed by atoms with Gasteiger partial charge in [0.15, 0.2) is 5.76 Å². The first-order valence-corrected chi connectivity index (χ1v) is 7.94. The molecule has 5 nitrogen and oxygen atoms in total. The maximum atomic E-state index is 12.4. The van der Waals surface area contributed by atoms with E-state index in [0.29, 0.717) is 17.9 Å². The van der Waals surface area contributed by atoms with Crippen molar-refractivity contribution < 1.29 is 9.32 Å². The molecule has 0 aliphatic carbocycles. The highest BCUT2D eigenvalue weighted by molar-refractivity contribution is 6.00. The average molecular weight is 329 g/mol. The molecular weight excluding hydrogens is 314 g/mol. The maximum absolute atomic E-state index is 12.4. The Kier molecular flexibility index (Phi) is 3.96. The Morgan fingerprint density at radius 3 is 2.64 bits per heavy atom. The summed E-state index contributed by atoms with van der Waals surface area (Å²) in [5, 5.41) is 7.77. The molecule has 5 heteroatoms. The molecule has 4 aromatic rings. The van der Waals surface area contributed by atoms with Crippen LogP contribution in [0.25, 0.3) is 22.2 Å². The number of hydrogen-bond donors (Lipinski definition) is 1. The SMILES string of the molecule is O=C(NCc1ccccn1)c1ccc2noc(-c3ccccc3)c2c1. The number of amides is 1. The minimum atomic E-state index is -0.159. The zero-order valence-corrected chi connectivity index (χ0v) is 13.3. The van der Waals surface area contributed by atoms with Crippen molar-refractivity contribution in [2.24, 2.45) is 0 Å². The van der Waals surface area contributed by atoms with Gasteiger partial charge in [-0.2, -0.15) is 0 Å². The molecule has 0 saturated carbocycles. The van der Waals surface area contributed by atoms with E-state index >= 15 is 0 Å². The maximum Gasteiger partial charge on any atom is 0.251 e. The van der Waals surface area contributed by atoms with E-state index in [1.54, 1.807) is 18.3 Å².